The number of likely N-dealkylation sites (tertiary alicyclic amines) is 1. The Morgan fingerprint density at radius 2 is 1.41 bits per heavy atom. The van der Waals surface area contributed by atoms with Gasteiger partial charge in [-0.25, -0.2) is 0 Å². The average molecular weight is 547 g/mol. The van der Waals surface area contributed by atoms with Gasteiger partial charge in [0, 0.05) is 36.8 Å². The first-order chi connectivity index (χ1) is 18.5. The molecule has 1 amide bonds. The highest BCUT2D eigenvalue weighted by molar-refractivity contribution is 5.95. The van der Waals surface area contributed by atoms with Crippen molar-refractivity contribution < 1.29 is 31.1 Å². The molecule has 2 fully saturated rings. The highest BCUT2D eigenvalue weighted by atomic mass is 19.4. The molecule has 0 spiro atoms. The number of hydrogen-bond acceptors (Lipinski definition) is 2. The summed E-state index contributed by atoms with van der Waals surface area (Å²) in [7, 11) is 0. The number of alkyl halides is 6. The van der Waals surface area contributed by atoms with Crippen molar-refractivity contribution in [1.82, 2.24) is 4.90 Å². The van der Waals surface area contributed by atoms with E-state index in [1.165, 1.54) is 17.7 Å². The summed E-state index contributed by atoms with van der Waals surface area (Å²) in [4.78, 5) is 14.7. The quantitative estimate of drug-likeness (QED) is 0.318. The van der Waals surface area contributed by atoms with E-state index < -0.39 is 35.0 Å². The number of rotatable bonds is 6. The number of nitrogens with zero attached hydrogens (tertiary/aromatic N) is 1. The Balaban J connectivity index is 1.43. The van der Waals surface area contributed by atoms with Gasteiger partial charge in [-0.2, -0.15) is 26.3 Å². The summed E-state index contributed by atoms with van der Waals surface area (Å²) < 4.78 is 80.4. The molecule has 5 rings (SSSR count). The van der Waals surface area contributed by atoms with Crippen LogP contribution >= 0.6 is 0 Å². The Morgan fingerprint density at radius 3 is 2.03 bits per heavy atom. The molecule has 3 aromatic rings. The first kappa shape index (κ1) is 27.1. The average Bonchev–Trinajstić information content (AvgIpc) is 3.75. The summed E-state index contributed by atoms with van der Waals surface area (Å²) >= 11 is 0. The van der Waals surface area contributed by atoms with E-state index in [0.29, 0.717) is 24.5 Å². The summed E-state index contributed by atoms with van der Waals surface area (Å²) in [6, 6.07) is 18.7. The van der Waals surface area contributed by atoms with E-state index in [4.69, 9.17) is 0 Å². The van der Waals surface area contributed by atoms with Crippen molar-refractivity contribution in [1.29, 1.82) is 0 Å². The lowest BCUT2D eigenvalue weighted by atomic mass is 9.76. The Labute approximate surface area is 222 Å². The lowest BCUT2D eigenvalue weighted by Gasteiger charge is -2.39. The minimum Gasteiger partial charge on any atom is -0.385 e. The maximum Gasteiger partial charge on any atom is 0.416 e. The predicted molar refractivity (Wildman–Crippen MR) is 137 cm³/mol. The molecule has 0 bridgehead atoms. The van der Waals surface area contributed by atoms with E-state index in [9.17, 15) is 31.1 Å². The van der Waals surface area contributed by atoms with Crippen LogP contribution in [0.4, 0.5) is 32.0 Å². The van der Waals surface area contributed by atoms with Gasteiger partial charge in [0.2, 0.25) is 0 Å². The van der Waals surface area contributed by atoms with Crippen LogP contribution in [0, 0.1) is 5.92 Å². The Hall–Kier alpha value is -3.49. The third kappa shape index (κ3) is 6.40. The van der Waals surface area contributed by atoms with Crippen molar-refractivity contribution in [2.24, 2.45) is 5.92 Å². The van der Waals surface area contributed by atoms with Gasteiger partial charge in [-0.15, -0.1) is 0 Å². The molecule has 2 unspecified atom stereocenters. The van der Waals surface area contributed by atoms with Gasteiger partial charge in [-0.3, -0.25) is 4.79 Å². The summed E-state index contributed by atoms with van der Waals surface area (Å²) in [6.07, 6.45) is -7.07. The second-order valence-corrected chi connectivity index (χ2v) is 10.4. The number of anilines is 1. The highest BCUT2D eigenvalue weighted by Crippen LogP contribution is 2.42. The number of nitrogens with one attached hydrogen (secondary N) is 1. The monoisotopic (exact) mass is 546 g/mol. The molecule has 3 nitrogen and oxygen atoms in total. The van der Waals surface area contributed by atoms with Gasteiger partial charge in [0.1, 0.15) is 0 Å². The van der Waals surface area contributed by atoms with E-state index in [2.05, 4.69) is 11.4 Å². The lowest BCUT2D eigenvalue weighted by Crippen LogP contribution is -2.42. The fourth-order valence-electron chi connectivity index (χ4n) is 5.30. The Morgan fingerprint density at radius 1 is 0.769 bits per heavy atom. The van der Waals surface area contributed by atoms with Gasteiger partial charge in [-0.05, 0) is 72.6 Å². The van der Waals surface area contributed by atoms with E-state index in [1.54, 1.807) is 0 Å². The molecular weight excluding hydrogens is 518 g/mol. The number of piperidine rings is 1. The van der Waals surface area contributed by atoms with Crippen molar-refractivity contribution in [2.75, 3.05) is 25.0 Å². The zero-order valence-electron chi connectivity index (χ0n) is 21.0. The fourth-order valence-corrected chi connectivity index (χ4v) is 5.30. The van der Waals surface area contributed by atoms with Crippen LogP contribution in [0.5, 0.6) is 0 Å². The van der Waals surface area contributed by atoms with Crippen LogP contribution in [0.25, 0.3) is 0 Å². The minimum absolute atomic E-state index is 0.0198. The van der Waals surface area contributed by atoms with E-state index in [1.807, 2.05) is 48.5 Å². The summed E-state index contributed by atoms with van der Waals surface area (Å²) in [5.41, 5.74) is -0.565. The van der Waals surface area contributed by atoms with Crippen LogP contribution < -0.4 is 5.32 Å². The topological polar surface area (TPSA) is 32.3 Å². The van der Waals surface area contributed by atoms with Crippen molar-refractivity contribution >= 4 is 11.6 Å². The van der Waals surface area contributed by atoms with Crippen molar-refractivity contribution in [3.63, 3.8) is 0 Å². The first-order valence-corrected chi connectivity index (χ1v) is 13.0. The molecular formula is C30H28F6N2O. The Kier molecular flexibility index (Phi) is 7.35. The largest absolute Gasteiger partial charge is 0.416 e. The second kappa shape index (κ2) is 10.6. The van der Waals surface area contributed by atoms with Gasteiger partial charge in [-0.1, -0.05) is 42.5 Å². The lowest BCUT2D eigenvalue weighted by molar-refractivity contribution is -0.143. The molecule has 1 aliphatic carbocycles. The molecule has 0 radical (unpaired) electrons. The third-order valence-electron chi connectivity index (χ3n) is 7.57. The molecule has 1 saturated heterocycles. The van der Waals surface area contributed by atoms with Crippen LogP contribution in [0.2, 0.25) is 0 Å². The maximum atomic E-state index is 13.4. The number of carbonyl (C=O) groups is 1. The highest BCUT2D eigenvalue weighted by Gasteiger charge is 2.39. The summed E-state index contributed by atoms with van der Waals surface area (Å²) in [5, 5.41) is 3.48. The second-order valence-electron chi connectivity index (χ2n) is 10.4. The number of benzene rings is 3. The predicted octanol–water partition coefficient (Wildman–Crippen LogP) is 7.96. The number of halogens is 6. The van der Waals surface area contributed by atoms with Crippen LogP contribution in [-0.2, 0) is 12.4 Å². The van der Waals surface area contributed by atoms with Crippen LogP contribution in [0.3, 0.4) is 0 Å². The fraction of sp³-hybridized carbons (Fsp3) is 0.367. The van der Waals surface area contributed by atoms with Gasteiger partial charge >= 0.3 is 12.4 Å². The smallest absolute Gasteiger partial charge is 0.385 e. The molecule has 2 atom stereocenters. The standard InChI is InChI=1S/C30H28F6N2O/c31-29(32,33)23-13-22(14-24(16-23)30(34,35)36)28(39)38-12-11-26(27(18-38)20-5-2-1-3-6-20)21-7-4-8-25(15-21)37-17-19-9-10-19/h1-8,13-16,19,26-27,37H,9-12,17-18H2. The third-order valence-corrected chi connectivity index (χ3v) is 7.57. The molecule has 3 aromatic carbocycles. The Bertz CT molecular complexity index is 1280. The van der Waals surface area contributed by atoms with Crippen LogP contribution in [0.15, 0.2) is 72.8 Å². The zero-order valence-corrected chi connectivity index (χ0v) is 21.0. The van der Waals surface area contributed by atoms with Crippen molar-refractivity contribution in [2.45, 2.75) is 43.5 Å². The molecule has 0 aromatic heterocycles. The maximum absolute atomic E-state index is 13.4. The van der Waals surface area contributed by atoms with Gasteiger partial charge in [0.15, 0.2) is 0 Å². The first-order valence-electron chi connectivity index (χ1n) is 13.0. The van der Waals surface area contributed by atoms with Crippen molar-refractivity contribution in [3.8, 4) is 0 Å². The van der Waals surface area contributed by atoms with E-state index >= 15 is 0 Å². The van der Waals surface area contributed by atoms with Gasteiger partial charge in [0.05, 0.1) is 11.1 Å². The number of hydrogen-bond donors (Lipinski definition) is 1. The normalized spacial score (nSPS) is 20.1. The molecule has 1 aliphatic heterocycles. The molecule has 1 saturated carbocycles. The van der Waals surface area contributed by atoms with E-state index in [0.717, 1.165) is 23.4 Å². The van der Waals surface area contributed by atoms with Crippen molar-refractivity contribution in [3.05, 3.63) is 101 Å². The molecule has 2 aliphatic rings. The van der Waals surface area contributed by atoms with Gasteiger partial charge in [0.25, 0.3) is 5.91 Å². The SMILES string of the molecule is O=C(c1cc(C(F)(F)F)cc(C(F)(F)F)c1)N1CCC(c2cccc(NCC3CC3)c2)C(c2ccccc2)C1. The zero-order chi connectivity index (χ0) is 27.8. The molecule has 1 heterocycles. The van der Waals surface area contributed by atoms with E-state index in [-0.39, 0.29) is 31.0 Å². The van der Waals surface area contributed by atoms with Gasteiger partial charge < -0.3 is 10.2 Å². The summed E-state index contributed by atoms with van der Waals surface area (Å²) in [6.45, 7) is 1.30. The molecule has 1 N–H and O–H groups in total. The molecule has 206 valence electrons. The molecule has 39 heavy (non-hydrogen) atoms. The number of carbonyl (C=O) groups excluding carboxylic acids is 1. The van der Waals surface area contributed by atoms with Crippen LogP contribution in [-0.4, -0.2) is 30.4 Å². The van der Waals surface area contributed by atoms with Crippen LogP contribution in [0.1, 0.15) is 63.7 Å². The summed E-state index contributed by atoms with van der Waals surface area (Å²) in [5.74, 6) is -0.304. The molecule has 9 heteroatoms. The minimum atomic E-state index is -5.02. The number of amides is 1.